The highest BCUT2D eigenvalue weighted by Gasteiger charge is 2.03. The fraction of sp³-hybridized carbons (Fsp3) is 0.167. The van der Waals surface area contributed by atoms with Gasteiger partial charge in [-0.25, -0.2) is 9.37 Å². The van der Waals surface area contributed by atoms with Gasteiger partial charge in [-0.3, -0.25) is 0 Å². The number of halogens is 1. The highest BCUT2D eigenvalue weighted by atomic mass is 32.1. The van der Waals surface area contributed by atoms with Crippen molar-refractivity contribution in [3.8, 4) is 11.3 Å². The first-order chi connectivity index (χ1) is 10.8. The molecule has 0 amide bonds. The van der Waals surface area contributed by atoms with E-state index in [1.807, 2.05) is 18.2 Å². The van der Waals surface area contributed by atoms with E-state index in [1.54, 1.807) is 23.5 Å². The SMILES string of the molecule is Fc1ccc(CNCCc2nc(-c3ccccc3)cs2)cc1. The Labute approximate surface area is 133 Å². The molecule has 3 aromatic rings. The van der Waals surface area contributed by atoms with Crippen LogP contribution in [-0.4, -0.2) is 11.5 Å². The van der Waals surface area contributed by atoms with Gasteiger partial charge >= 0.3 is 0 Å². The minimum atomic E-state index is -0.194. The Morgan fingerprint density at radius 2 is 1.77 bits per heavy atom. The van der Waals surface area contributed by atoms with Crippen LogP contribution in [0, 0.1) is 5.82 Å². The molecule has 0 aliphatic rings. The van der Waals surface area contributed by atoms with Crippen LogP contribution in [0.4, 0.5) is 4.39 Å². The first-order valence-corrected chi connectivity index (χ1v) is 8.14. The third kappa shape index (κ3) is 4.00. The van der Waals surface area contributed by atoms with Crippen LogP contribution in [0.2, 0.25) is 0 Å². The van der Waals surface area contributed by atoms with E-state index in [9.17, 15) is 4.39 Å². The number of thiazole rings is 1. The van der Waals surface area contributed by atoms with Crippen molar-refractivity contribution in [2.45, 2.75) is 13.0 Å². The van der Waals surface area contributed by atoms with Gasteiger partial charge in [-0.05, 0) is 17.7 Å². The maximum Gasteiger partial charge on any atom is 0.123 e. The molecule has 0 fully saturated rings. The van der Waals surface area contributed by atoms with Gasteiger partial charge in [0.05, 0.1) is 10.7 Å². The predicted molar refractivity (Wildman–Crippen MR) is 89.4 cm³/mol. The molecule has 0 saturated heterocycles. The Hall–Kier alpha value is -2.04. The van der Waals surface area contributed by atoms with Gasteiger partial charge in [-0.2, -0.15) is 0 Å². The zero-order valence-electron chi connectivity index (χ0n) is 12.1. The standard InChI is InChI=1S/C18H17FN2S/c19-16-8-6-14(7-9-16)12-20-11-10-18-21-17(13-22-18)15-4-2-1-3-5-15/h1-9,13,20H,10-12H2. The van der Waals surface area contributed by atoms with E-state index in [0.29, 0.717) is 0 Å². The minimum absolute atomic E-state index is 0.194. The molecule has 0 unspecified atom stereocenters. The van der Waals surface area contributed by atoms with E-state index in [1.165, 1.54) is 12.1 Å². The van der Waals surface area contributed by atoms with Crippen molar-refractivity contribution in [1.82, 2.24) is 10.3 Å². The second kappa shape index (κ2) is 7.29. The number of nitrogens with one attached hydrogen (secondary N) is 1. The molecule has 1 aromatic heterocycles. The molecule has 3 rings (SSSR count). The highest BCUT2D eigenvalue weighted by Crippen LogP contribution is 2.21. The number of hydrogen-bond acceptors (Lipinski definition) is 3. The largest absolute Gasteiger partial charge is 0.312 e. The van der Waals surface area contributed by atoms with Crippen molar-refractivity contribution in [3.63, 3.8) is 0 Å². The molecular formula is C18H17FN2S. The van der Waals surface area contributed by atoms with Crippen molar-refractivity contribution in [2.75, 3.05) is 6.54 Å². The molecule has 22 heavy (non-hydrogen) atoms. The average molecular weight is 312 g/mol. The molecule has 4 heteroatoms. The number of hydrogen-bond donors (Lipinski definition) is 1. The van der Waals surface area contributed by atoms with Crippen LogP contribution in [0.15, 0.2) is 60.0 Å². The lowest BCUT2D eigenvalue weighted by Crippen LogP contribution is -2.16. The fourth-order valence-electron chi connectivity index (χ4n) is 2.20. The number of rotatable bonds is 6. The van der Waals surface area contributed by atoms with Gasteiger partial charge < -0.3 is 5.32 Å². The summed E-state index contributed by atoms with van der Waals surface area (Å²) in [6, 6.07) is 16.8. The summed E-state index contributed by atoms with van der Waals surface area (Å²) in [5.74, 6) is -0.194. The highest BCUT2D eigenvalue weighted by molar-refractivity contribution is 7.09. The maximum absolute atomic E-state index is 12.8. The third-order valence-corrected chi connectivity index (χ3v) is 4.29. The number of benzene rings is 2. The van der Waals surface area contributed by atoms with E-state index in [2.05, 4.69) is 27.8 Å². The smallest absolute Gasteiger partial charge is 0.123 e. The summed E-state index contributed by atoms with van der Waals surface area (Å²) in [7, 11) is 0. The quantitative estimate of drug-likeness (QED) is 0.687. The van der Waals surface area contributed by atoms with Crippen molar-refractivity contribution >= 4 is 11.3 Å². The molecule has 0 aliphatic heterocycles. The Bertz CT molecular complexity index is 707. The van der Waals surface area contributed by atoms with Gasteiger partial charge in [0.15, 0.2) is 0 Å². The molecule has 112 valence electrons. The first-order valence-electron chi connectivity index (χ1n) is 7.26. The first kappa shape index (κ1) is 14.9. The Morgan fingerprint density at radius 1 is 1.00 bits per heavy atom. The normalized spacial score (nSPS) is 10.8. The van der Waals surface area contributed by atoms with Crippen LogP contribution in [0.3, 0.4) is 0 Å². The lowest BCUT2D eigenvalue weighted by molar-refractivity contribution is 0.625. The Morgan fingerprint density at radius 3 is 2.55 bits per heavy atom. The summed E-state index contributed by atoms with van der Waals surface area (Å²) in [6.45, 7) is 1.61. The summed E-state index contributed by atoms with van der Waals surface area (Å²) in [6.07, 6.45) is 0.901. The van der Waals surface area contributed by atoms with Crippen LogP contribution in [-0.2, 0) is 13.0 Å². The summed E-state index contributed by atoms with van der Waals surface area (Å²) in [5, 5.41) is 6.59. The van der Waals surface area contributed by atoms with Crippen LogP contribution in [0.25, 0.3) is 11.3 Å². The summed E-state index contributed by atoms with van der Waals surface area (Å²) < 4.78 is 12.8. The second-order valence-electron chi connectivity index (χ2n) is 5.05. The zero-order chi connectivity index (χ0) is 15.2. The molecule has 1 heterocycles. The van der Waals surface area contributed by atoms with Crippen LogP contribution < -0.4 is 5.32 Å². The van der Waals surface area contributed by atoms with Gasteiger partial charge in [-0.15, -0.1) is 11.3 Å². The number of aromatic nitrogens is 1. The van der Waals surface area contributed by atoms with Crippen LogP contribution in [0.5, 0.6) is 0 Å². The lowest BCUT2D eigenvalue weighted by atomic mass is 10.2. The molecule has 2 nitrogen and oxygen atoms in total. The zero-order valence-corrected chi connectivity index (χ0v) is 12.9. The molecule has 0 bridgehead atoms. The van der Waals surface area contributed by atoms with E-state index >= 15 is 0 Å². The number of nitrogens with zero attached hydrogens (tertiary/aromatic N) is 1. The average Bonchev–Trinajstić information content (AvgIpc) is 3.03. The topological polar surface area (TPSA) is 24.9 Å². The van der Waals surface area contributed by atoms with E-state index in [4.69, 9.17) is 0 Å². The molecule has 0 saturated carbocycles. The fourth-order valence-corrected chi connectivity index (χ4v) is 3.00. The lowest BCUT2D eigenvalue weighted by Gasteiger charge is -2.03. The van der Waals surface area contributed by atoms with Crippen LogP contribution >= 0.6 is 11.3 Å². The van der Waals surface area contributed by atoms with E-state index in [-0.39, 0.29) is 5.82 Å². The van der Waals surface area contributed by atoms with Gasteiger partial charge in [0.2, 0.25) is 0 Å². The Kier molecular flexibility index (Phi) is 4.93. The van der Waals surface area contributed by atoms with E-state index < -0.39 is 0 Å². The van der Waals surface area contributed by atoms with Crippen molar-refractivity contribution in [2.24, 2.45) is 0 Å². The molecule has 2 aromatic carbocycles. The third-order valence-electron chi connectivity index (χ3n) is 3.38. The van der Waals surface area contributed by atoms with Gasteiger partial charge in [0.1, 0.15) is 5.82 Å². The molecule has 0 atom stereocenters. The predicted octanol–water partition coefficient (Wildman–Crippen LogP) is 4.28. The van der Waals surface area contributed by atoms with Crippen molar-refractivity contribution < 1.29 is 4.39 Å². The van der Waals surface area contributed by atoms with Crippen molar-refractivity contribution in [3.05, 3.63) is 76.4 Å². The van der Waals surface area contributed by atoms with Gasteiger partial charge in [-0.1, -0.05) is 42.5 Å². The van der Waals surface area contributed by atoms with Crippen LogP contribution in [0.1, 0.15) is 10.6 Å². The monoisotopic (exact) mass is 312 g/mol. The summed E-state index contributed by atoms with van der Waals surface area (Å²) >= 11 is 1.69. The molecule has 1 N–H and O–H groups in total. The second-order valence-corrected chi connectivity index (χ2v) is 5.99. The van der Waals surface area contributed by atoms with Gasteiger partial charge in [0.25, 0.3) is 0 Å². The summed E-state index contributed by atoms with van der Waals surface area (Å²) in [5.41, 5.74) is 3.29. The van der Waals surface area contributed by atoms with E-state index in [0.717, 1.165) is 41.3 Å². The molecule has 0 spiro atoms. The molecule has 0 aliphatic carbocycles. The Balaban J connectivity index is 1.48. The maximum atomic E-state index is 12.8. The molecule has 0 radical (unpaired) electrons. The van der Waals surface area contributed by atoms with Gasteiger partial charge in [0, 0.05) is 30.5 Å². The molecular weight excluding hydrogens is 295 g/mol. The van der Waals surface area contributed by atoms with Crippen molar-refractivity contribution in [1.29, 1.82) is 0 Å². The minimum Gasteiger partial charge on any atom is -0.312 e. The summed E-state index contributed by atoms with van der Waals surface area (Å²) in [4.78, 5) is 4.67.